The molecular formula is C33H37FN6O6. The maximum absolute atomic E-state index is 14.9. The first-order chi connectivity index (χ1) is 21.7. The molecule has 2 saturated heterocycles. The number of pyridine rings is 2. The first-order valence-corrected chi connectivity index (χ1v) is 15.0. The number of imide groups is 1. The second-order valence-electron chi connectivity index (χ2n) is 12.6. The van der Waals surface area contributed by atoms with Crippen LogP contribution in [0.2, 0.25) is 0 Å². The Bertz CT molecular complexity index is 1690. The van der Waals surface area contributed by atoms with E-state index >= 15 is 0 Å². The summed E-state index contributed by atoms with van der Waals surface area (Å²) in [6.07, 6.45) is 1.49. The number of ketones is 1. The van der Waals surface area contributed by atoms with Crippen LogP contribution in [-0.2, 0) is 15.9 Å². The molecule has 0 aliphatic carbocycles. The van der Waals surface area contributed by atoms with Gasteiger partial charge in [-0.1, -0.05) is 0 Å². The highest BCUT2D eigenvalue weighted by atomic mass is 19.1. The average molecular weight is 633 g/mol. The van der Waals surface area contributed by atoms with Gasteiger partial charge in [-0.25, -0.2) is 23.9 Å². The molecule has 5 rings (SSSR count). The molecule has 0 spiro atoms. The molecule has 3 amide bonds. The van der Waals surface area contributed by atoms with Crippen LogP contribution >= 0.6 is 0 Å². The Morgan fingerprint density at radius 1 is 1.17 bits per heavy atom. The summed E-state index contributed by atoms with van der Waals surface area (Å²) < 4.78 is 25.9. The van der Waals surface area contributed by atoms with Crippen molar-refractivity contribution in [3.8, 4) is 11.3 Å². The molecule has 2 aliphatic rings. The zero-order chi connectivity index (χ0) is 33.3. The van der Waals surface area contributed by atoms with E-state index in [1.165, 1.54) is 30.3 Å². The number of piperidine rings is 1. The molecule has 3 N–H and O–H groups in total. The van der Waals surface area contributed by atoms with Crippen LogP contribution in [0.1, 0.15) is 67.4 Å². The van der Waals surface area contributed by atoms with Crippen molar-refractivity contribution < 1.29 is 33.0 Å². The number of hydrogen-bond donors (Lipinski definition) is 2. The number of aromatic nitrogens is 2. The number of anilines is 2. The number of hydrogen-bond acceptors (Lipinski definition) is 10. The van der Waals surface area contributed by atoms with Crippen molar-refractivity contribution in [3.63, 3.8) is 0 Å². The maximum atomic E-state index is 14.9. The largest absolute Gasteiger partial charge is 0.443 e. The van der Waals surface area contributed by atoms with Crippen LogP contribution in [0.15, 0.2) is 48.8 Å². The summed E-state index contributed by atoms with van der Waals surface area (Å²) in [7, 11) is 0. The van der Waals surface area contributed by atoms with Crippen molar-refractivity contribution in [2.45, 2.75) is 71.2 Å². The van der Waals surface area contributed by atoms with Gasteiger partial charge in [-0.05, 0) is 71.0 Å². The number of nitrogens with zero attached hydrogens (tertiary/aromatic N) is 4. The molecule has 2 atom stereocenters. The van der Waals surface area contributed by atoms with Crippen molar-refractivity contribution in [2.24, 2.45) is 0 Å². The smallest absolute Gasteiger partial charge is 0.420 e. The van der Waals surface area contributed by atoms with Gasteiger partial charge in [0.05, 0.1) is 11.4 Å². The third-order valence-corrected chi connectivity index (χ3v) is 7.58. The summed E-state index contributed by atoms with van der Waals surface area (Å²) in [6, 6.07) is 7.99. The number of fused-ring (bicyclic) bond motifs is 1. The fourth-order valence-electron chi connectivity index (χ4n) is 5.53. The van der Waals surface area contributed by atoms with E-state index in [4.69, 9.17) is 15.2 Å². The topological polar surface area (TPSA) is 157 Å². The molecule has 0 radical (unpaired) electrons. The lowest BCUT2D eigenvalue weighted by molar-refractivity contribution is 0.0285. The highest BCUT2D eigenvalue weighted by Crippen LogP contribution is 2.33. The van der Waals surface area contributed by atoms with Gasteiger partial charge in [0.15, 0.2) is 5.78 Å². The van der Waals surface area contributed by atoms with Gasteiger partial charge in [-0.3, -0.25) is 14.6 Å². The van der Waals surface area contributed by atoms with Crippen LogP contribution < -0.4 is 16.0 Å². The number of ether oxygens (including phenoxy) is 2. The van der Waals surface area contributed by atoms with Gasteiger partial charge in [0.25, 0.3) is 5.91 Å². The standard InChI is InChI=1S/C33H37FN6O6/c1-18(2)37-30(42)19-6-7-22(34)21(14-19)24-9-8-23(35)29(38-24)27(41)15-20-16-36-12-10-25(20)39-13-11-28-26(17-39)40(31(43)45-28)32(44)46-33(3,4)5/h6-10,12,14,16,18,26,28H,11,13,15,17,35H2,1-5H3,(H,37,42)/t26-,28+/m1/s1. The van der Waals surface area contributed by atoms with Gasteiger partial charge in [0.1, 0.15) is 29.3 Å². The number of nitrogens with one attached hydrogen (secondary N) is 1. The Balaban J connectivity index is 1.38. The summed E-state index contributed by atoms with van der Waals surface area (Å²) in [4.78, 5) is 63.3. The van der Waals surface area contributed by atoms with E-state index in [0.717, 1.165) is 4.90 Å². The minimum atomic E-state index is -0.799. The van der Waals surface area contributed by atoms with Crippen molar-refractivity contribution in [2.75, 3.05) is 23.7 Å². The second kappa shape index (κ2) is 12.7. The van der Waals surface area contributed by atoms with Crippen molar-refractivity contribution in [1.29, 1.82) is 0 Å². The molecule has 0 saturated carbocycles. The first-order valence-electron chi connectivity index (χ1n) is 15.0. The molecule has 0 bridgehead atoms. The third-order valence-electron chi connectivity index (χ3n) is 7.58. The zero-order valence-corrected chi connectivity index (χ0v) is 26.4. The van der Waals surface area contributed by atoms with Crippen LogP contribution in [0.4, 0.5) is 25.4 Å². The Morgan fingerprint density at radius 3 is 2.65 bits per heavy atom. The summed E-state index contributed by atoms with van der Waals surface area (Å²) in [6.45, 7) is 9.55. The van der Waals surface area contributed by atoms with Crippen molar-refractivity contribution >= 4 is 35.3 Å². The van der Waals surface area contributed by atoms with Crippen molar-refractivity contribution in [3.05, 3.63) is 71.4 Å². The van der Waals surface area contributed by atoms with Crippen LogP contribution in [0.5, 0.6) is 0 Å². The minimum absolute atomic E-state index is 0.0478. The predicted octanol–water partition coefficient (Wildman–Crippen LogP) is 4.76. The average Bonchev–Trinajstić information content (AvgIpc) is 3.31. The predicted molar refractivity (Wildman–Crippen MR) is 168 cm³/mol. The number of carbonyl (C=O) groups is 4. The van der Waals surface area contributed by atoms with E-state index in [1.807, 2.05) is 18.7 Å². The fraction of sp³-hybridized carbons (Fsp3) is 0.394. The van der Waals surface area contributed by atoms with E-state index in [1.54, 1.807) is 39.2 Å². The van der Waals surface area contributed by atoms with Gasteiger partial charge in [0, 0.05) is 66.7 Å². The van der Waals surface area contributed by atoms with Gasteiger partial charge in [-0.2, -0.15) is 0 Å². The highest BCUT2D eigenvalue weighted by molar-refractivity contribution is 6.01. The number of rotatable bonds is 7. The summed E-state index contributed by atoms with van der Waals surface area (Å²) in [5, 5.41) is 2.77. The molecule has 2 fully saturated rings. The minimum Gasteiger partial charge on any atom is -0.443 e. The lowest BCUT2D eigenvalue weighted by Crippen LogP contribution is -2.53. The number of nitrogen functional groups attached to an aromatic ring is 1. The molecule has 4 heterocycles. The Labute approximate surface area is 266 Å². The molecule has 2 aliphatic heterocycles. The number of Topliss-reactive ketones (excluding diaryl/α,β-unsaturated/α-hetero) is 1. The molecule has 13 heteroatoms. The van der Waals surface area contributed by atoms with E-state index in [0.29, 0.717) is 24.2 Å². The van der Waals surface area contributed by atoms with Gasteiger partial charge < -0.3 is 25.4 Å². The van der Waals surface area contributed by atoms with Gasteiger partial charge in [0.2, 0.25) is 0 Å². The second-order valence-corrected chi connectivity index (χ2v) is 12.6. The number of nitrogens with two attached hydrogens (primary N) is 1. The quantitative estimate of drug-likeness (QED) is 0.348. The first kappa shape index (κ1) is 32.3. The Kier molecular flexibility index (Phi) is 8.95. The number of amides is 3. The van der Waals surface area contributed by atoms with Gasteiger partial charge in [-0.15, -0.1) is 0 Å². The van der Waals surface area contributed by atoms with Crippen LogP contribution in [0.3, 0.4) is 0 Å². The molecule has 2 aromatic heterocycles. The summed E-state index contributed by atoms with van der Waals surface area (Å²) in [5.74, 6) is -1.39. The Hall–Kier alpha value is -5.07. The van der Waals surface area contributed by atoms with Crippen LogP contribution in [-0.4, -0.2) is 75.6 Å². The van der Waals surface area contributed by atoms with E-state index in [-0.39, 0.29) is 53.1 Å². The maximum Gasteiger partial charge on any atom is 0.420 e. The molecule has 46 heavy (non-hydrogen) atoms. The summed E-state index contributed by atoms with van der Waals surface area (Å²) >= 11 is 0. The van der Waals surface area contributed by atoms with Crippen LogP contribution in [0, 0.1) is 5.82 Å². The van der Waals surface area contributed by atoms with E-state index < -0.39 is 41.5 Å². The fourth-order valence-corrected chi connectivity index (χ4v) is 5.53. The number of benzene rings is 1. The molecule has 12 nitrogen and oxygen atoms in total. The number of halogens is 1. The number of carbonyl (C=O) groups excluding carboxylic acids is 4. The molecule has 242 valence electrons. The zero-order valence-electron chi connectivity index (χ0n) is 26.4. The molecule has 3 aromatic rings. The van der Waals surface area contributed by atoms with E-state index in [9.17, 15) is 23.6 Å². The van der Waals surface area contributed by atoms with E-state index in [2.05, 4.69) is 15.3 Å². The normalized spacial score (nSPS) is 17.8. The summed E-state index contributed by atoms with van der Waals surface area (Å²) in [5.41, 5.74) is 7.15. The molecular weight excluding hydrogens is 595 g/mol. The van der Waals surface area contributed by atoms with Gasteiger partial charge >= 0.3 is 12.2 Å². The third kappa shape index (κ3) is 6.93. The van der Waals surface area contributed by atoms with Crippen LogP contribution in [0.25, 0.3) is 11.3 Å². The molecule has 1 aromatic carbocycles. The molecule has 0 unspecified atom stereocenters. The monoisotopic (exact) mass is 632 g/mol. The lowest BCUT2D eigenvalue weighted by Gasteiger charge is -2.37. The Morgan fingerprint density at radius 2 is 1.93 bits per heavy atom. The van der Waals surface area contributed by atoms with Crippen molar-refractivity contribution in [1.82, 2.24) is 20.2 Å². The lowest BCUT2D eigenvalue weighted by atomic mass is 9.99. The SMILES string of the molecule is CC(C)NC(=O)c1ccc(F)c(-c2ccc(N)c(C(=O)Cc3cnccc3N3CC[C@@H]4OC(=O)N(C(=O)OC(C)(C)C)[C@@H]4C3)n2)c1. The highest BCUT2D eigenvalue weighted by Gasteiger charge is 2.49.